The van der Waals surface area contributed by atoms with Gasteiger partial charge in [-0.3, -0.25) is 14.9 Å². The van der Waals surface area contributed by atoms with Crippen molar-refractivity contribution in [1.29, 1.82) is 0 Å². The first kappa shape index (κ1) is 20.3. The van der Waals surface area contributed by atoms with Gasteiger partial charge in [0.05, 0.1) is 23.0 Å². The van der Waals surface area contributed by atoms with Crippen LogP contribution in [-0.2, 0) is 6.42 Å². The van der Waals surface area contributed by atoms with Gasteiger partial charge in [0.15, 0.2) is 0 Å². The molecule has 6 nitrogen and oxygen atoms in total. The van der Waals surface area contributed by atoms with Crippen molar-refractivity contribution in [1.82, 2.24) is 25.8 Å². The normalized spacial score (nSPS) is 15.2. The van der Waals surface area contributed by atoms with Crippen molar-refractivity contribution in [3.63, 3.8) is 0 Å². The fourth-order valence-electron chi connectivity index (χ4n) is 4.43. The second-order valence-electron chi connectivity index (χ2n) is 7.84. The van der Waals surface area contributed by atoms with Crippen molar-refractivity contribution < 1.29 is 13.6 Å². The zero-order valence-corrected chi connectivity index (χ0v) is 17.6. The van der Waals surface area contributed by atoms with E-state index in [1.807, 2.05) is 0 Å². The van der Waals surface area contributed by atoms with Crippen molar-refractivity contribution in [2.75, 3.05) is 14.1 Å². The molecule has 1 amide bonds. The zero-order valence-electron chi connectivity index (χ0n) is 17.6. The molecule has 2 aromatic heterocycles. The molecule has 32 heavy (non-hydrogen) atoms. The van der Waals surface area contributed by atoms with Gasteiger partial charge in [0, 0.05) is 35.2 Å². The summed E-state index contributed by atoms with van der Waals surface area (Å²) in [5.41, 5.74) is 3.85. The maximum absolute atomic E-state index is 15.5. The second kappa shape index (κ2) is 7.80. The first-order valence-corrected chi connectivity index (χ1v) is 10.4. The quantitative estimate of drug-likeness (QED) is 0.452. The summed E-state index contributed by atoms with van der Waals surface area (Å²) < 4.78 is 30.4. The molecular weight excluding hydrogens is 412 g/mol. The van der Waals surface area contributed by atoms with Crippen LogP contribution in [0.5, 0.6) is 0 Å². The maximum Gasteiger partial charge on any atom is 0.251 e. The van der Waals surface area contributed by atoms with E-state index in [9.17, 15) is 9.18 Å². The van der Waals surface area contributed by atoms with Crippen LogP contribution in [0, 0.1) is 11.6 Å². The van der Waals surface area contributed by atoms with E-state index < -0.39 is 11.6 Å². The number of nitrogens with one attached hydrogen (secondary N) is 3. The minimum Gasteiger partial charge on any atom is -0.355 e. The molecule has 1 atom stereocenters. The van der Waals surface area contributed by atoms with Crippen molar-refractivity contribution in [3.8, 4) is 22.5 Å². The zero-order chi connectivity index (χ0) is 22.4. The number of aromatic amines is 1. The van der Waals surface area contributed by atoms with Crippen LogP contribution >= 0.6 is 0 Å². The Hall–Kier alpha value is -3.65. The summed E-state index contributed by atoms with van der Waals surface area (Å²) >= 11 is 0. The first-order chi connectivity index (χ1) is 15.5. The van der Waals surface area contributed by atoms with Gasteiger partial charge in [-0.05, 0) is 49.7 Å². The maximum atomic E-state index is 15.5. The molecule has 2 aromatic carbocycles. The van der Waals surface area contributed by atoms with Crippen LogP contribution in [0.25, 0.3) is 33.4 Å². The molecule has 8 heteroatoms. The highest BCUT2D eigenvalue weighted by Gasteiger charge is 2.29. The van der Waals surface area contributed by atoms with E-state index in [1.165, 1.54) is 12.3 Å². The number of aryl methyl sites for hydroxylation is 1. The Bertz CT molecular complexity index is 1350. The number of pyridine rings is 1. The minimum absolute atomic E-state index is 0.130. The monoisotopic (exact) mass is 433 g/mol. The molecule has 3 N–H and O–H groups in total. The number of benzene rings is 2. The van der Waals surface area contributed by atoms with E-state index >= 15 is 4.39 Å². The Labute approximate surface area is 183 Å². The molecule has 1 aliphatic carbocycles. The third-order valence-corrected chi connectivity index (χ3v) is 6.09. The molecule has 0 bridgehead atoms. The highest BCUT2D eigenvalue weighted by Crippen LogP contribution is 2.39. The van der Waals surface area contributed by atoms with E-state index in [0.717, 1.165) is 12.0 Å². The lowest BCUT2D eigenvalue weighted by atomic mass is 9.99. The van der Waals surface area contributed by atoms with Crippen molar-refractivity contribution in [2.45, 2.75) is 18.9 Å². The summed E-state index contributed by atoms with van der Waals surface area (Å²) in [4.78, 5) is 16.1. The number of carbonyl (C=O) groups is 1. The number of H-pyrrole nitrogens is 1. The third-order valence-electron chi connectivity index (χ3n) is 6.09. The number of rotatable bonds is 4. The lowest BCUT2D eigenvalue weighted by Gasteiger charge is -2.14. The van der Waals surface area contributed by atoms with Crippen LogP contribution in [0.1, 0.15) is 33.9 Å². The average molecular weight is 433 g/mol. The lowest BCUT2D eigenvalue weighted by molar-refractivity contribution is 0.0963. The summed E-state index contributed by atoms with van der Waals surface area (Å²) in [7, 11) is 3.35. The van der Waals surface area contributed by atoms with Gasteiger partial charge >= 0.3 is 0 Å². The average Bonchev–Trinajstić information content (AvgIpc) is 3.42. The molecule has 0 radical (unpaired) electrons. The van der Waals surface area contributed by atoms with Crippen molar-refractivity contribution in [3.05, 3.63) is 70.9 Å². The highest BCUT2D eigenvalue weighted by molar-refractivity contribution is 5.97. The number of carbonyl (C=O) groups excluding carboxylic acids is 1. The standard InChI is InChI=1S/C24H21F2N5O/c1-27-17-8-7-14-9-16(25)21(22(26)20(14)17)18-10-15-19(11-29-18)30-31-23(15)12-3-5-13(6-4-12)24(32)28-2/h3-6,9-11,17,27H,7-8H2,1-2H3,(H,28,32)(H,30,31). The number of halogens is 2. The smallest absolute Gasteiger partial charge is 0.251 e. The Balaban J connectivity index is 1.62. The molecule has 1 unspecified atom stereocenters. The van der Waals surface area contributed by atoms with Gasteiger partial charge in [-0.1, -0.05) is 12.1 Å². The van der Waals surface area contributed by atoms with Gasteiger partial charge in [-0.2, -0.15) is 5.10 Å². The van der Waals surface area contributed by atoms with Crippen LogP contribution in [0.4, 0.5) is 8.78 Å². The Morgan fingerprint density at radius 2 is 1.94 bits per heavy atom. The Kier molecular flexibility index (Phi) is 4.94. The van der Waals surface area contributed by atoms with E-state index in [4.69, 9.17) is 0 Å². The van der Waals surface area contributed by atoms with Gasteiger partial charge < -0.3 is 10.6 Å². The van der Waals surface area contributed by atoms with Crippen LogP contribution in [0.15, 0.2) is 42.6 Å². The van der Waals surface area contributed by atoms with Crippen LogP contribution in [0.2, 0.25) is 0 Å². The molecule has 5 rings (SSSR count). The number of amides is 1. The fourth-order valence-corrected chi connectivity index (χ4v) is 4.43. The third kappa shape index (κ3) is 3.15. The molecule has 0 aliphatic heterocycles. The van der Waals surface area contributed by atoms with Gasteiger partial charge in [0.2, 0.25) is 0 Å². The largest absolute Gasteiger partial charge is 0.355 e. The first-order valence-electron chi connectivity index (χ1n) is 10.4. The van der Waals surface area contributed by atoms with Crippen LogP contribution in [0.3, 0.4) is 0 Å². The predicted molar refractivity (Wildman–Crippen MR) is 118 cm³/mol. The van der Waals surface area contributed by atoms with Gasteiger partial charge in [-0.25, -0.2) is 8.78 Å². The molecule has 2 heterocycles. The topological polar surface area (TPSA) is 82.7 Å². The molecule has 0 saturated carbocycles. The van der Waals surface area contributed by atoms with Crippen molar-refractivity contribution in [2.24, 2.45) is 0 Å². The second-order valence-corrected chi connectivity index (χ2v) is 7.84. The van der Waals surface area contributed by atoms with Gasteiger partial charge in [0.1, 0.15) is 17.3 Å². The molecule has 0 spiro atoms. The minimum atomic E-state index is -0.621. The summed E-state index contributed by atoms with van der Waals surface area (Å²) in [5.74, 6) is -1.37. The highest BCUT2D eigenvalue weighted by atomic mass is 19.1. The van der Waals surface area contributed by atoms with Crippen molar-refractivity contribution >= 4 is 16.8 Å². The van der Waals surface area contributed by atoms with E-state index in [2.05, 4.69) is 25.8 Å². The number of hydrogen-bond donors (Lipinski definition) is 3. The Morgan fingerprint density at radius 3 is 2.66 bits per heavy atom. The molecule has 4 aromatic rings. The SMILES string of the molecule is CNC(=O)c1ccc(-c2n[nH]c3cnc(-c4c(F)cc5c(c4F)C(NC)CC5)cc23)cc1. The summed E-state index contributed by atoms with van der Waals surface area (Å²) in [6.07, 6.45) is 2.90. The number of aromatic nitrogens is 3. The predicted octanol–water partition coefficient (Wildman–Crippen LogP) is 4.14. The summed E-state index contributed by atoms with van der Waals surface area (Å²) in [6.45, 7) is 0. The van der Waals surface area contributed by atoms with Crippen LogP contribution in [-0.4, -0.2) is 35.2 Å². The fraction of sp³-hybridized carbons (Fsp3) is 0.208. The number of nitrogens with zero attached hydrogens (tertiary/aromatic N) is 2. The van der Waals surface area contributed by atoms with E-state index in [-0.39, 0.29) is 23.2 Å². The summed E-state index contributed by atoms with van der Waals surface area (Å²) in [5, 5.41) is 13.6. The number of fused-ring (bicyclic) bond motifs is 2. The molecule has 162 valence electrons. The van der Waals surface area contributed by atoms with E-state index in [0.29, 0.717) is 39.7 Å². The van der Waals surface area contributed by atoms with Gasteiger partial charge in [0.25, 0.3) is 5.91 Å². The summed E-state index contributed by atoms with van der Waals surface area (Å²) in [6, 6.07) is 9.91. The van der Waals surface area contributed by atoms with Crippen LogP contribution < -0.4 is 10.6 Å². The van der Waals surface area contributed by atoms with E-state index in [1.54, 1.807) is 44.4 Å². The van der Waals surface area contributed by atoms with Gasteiger partial charge in [-0.15, -0.1) is 0 Å². The molecule has 1 aliphatic rings. The molecule has 0 fully saturated rings. The number of hydrogen-bond acceptors (Lipinski definition) is 4. The molecular formula is C24H21F2N5O. The molecule has 0 saturated heterocycles. The lowest BCUT2D eigenvalue weighted by Crippen LogP contribution is -2.17. The Morgan fingerprint density at radius 1 is 1.16 bits per heavy atom.